The highest BCUT2D eigenvalue weighted by molar-refractivity contribution is 5.90. The zero-order valence-electron chi connectivity index (χ0n) is 17.3. The lowest BCUT2D eigenvalue weighted by Gasteiger charge is -2.15. The van der Waals surface area contributed by atoms with Crippen molar-refractivity contribution in [3.63, 3.8) is 0 Å². The summed E-state index contributed by atoms with van der Waals surface area (Å²) in [5.41, 5.74) is 7.60. The van der Waals surface area contributed by atoms with Crippen LogP contribution in [0.5, 0.6) is 0 Å². The normalized spacial score (nSPS) is 12.0. The van der Waals surface area contributed by atoms with Crippen LogP contribution in [0.3, 0.4) is 0 Å². The number of rotatable bonds is 7. The number of fused-ring (bicyclic) bond motifs is 1. The highest BCUT2D eigenvalue weighted by atomic mass is 16.5. The van der Waals surface area contributed by atoms with Crippen LogP contribution in [0.1, 0.15) is 43.2 Å². The average Bonchev–Trinajstić information content (AvgIpc) is 3.16. The fourth-order valence-electron chi connectivity index (χ4n) is 3.24. The predicted molar refractivity (Wildman–Crippen MR) is 118 cm³/mol. The zero-order chi connectivity index (χ0) is 20.9. The van der Waals surface area contributed by atoms with Gasteiger partial charge >= 0.3 is 0 Å². The molecule has 0 spiro atoms. The van der Waals surface area contributed by atoms with Crippen molar-refractivity contribution < 1.29 is 10.0 Å². The topological polar surface area (TPSA) is 77.2 Å². The minimum Gasteiger partial charge on any atom is -0.358 e. The molecule has 0 atom stereocenters. The van der Waals surface area contributed by atoms with Crippen LogP contribution in [0.2, 0.25) is 0 Å². The van der Waals surface area contributed by atoms with Crippen LogP contribution in [0.25, 0.3) is 17.0 Å². The Labute approximate surface area is 171 Å². The van der Waals surface area contributed by atoms with E-state index in [1.807, 2.05) is 24.3 Å². The minimum absolute atomic E-state index is 0.109. The molecule has 0 aliphatic heterocycles. The molecule has 5 nitrogen and oxygen atoms in total. The summed E-state index contributed by atoms with van der Waals surface area (Å²) in [6.07, 6.45) is 3.91. The number of para-hydroxylation sites is 1. The zero-order valence-corrected chi connectivity index (χ0v) is 17.3. The number of nitrogens with one attached hydrogen (secondary N) is 3. The van der Waals surface area contributed by atoms with Crippen LogP contribution in [0.4, 0.5) is 0 Å². The summed E-state index contributed by atoms with van der Waals surface area (Å²) < 4.78 is 0. The first-order valence-corrected chi connectivity index (χ1v) is 9.90. The summed E-state index contributed by atoms with van der Waals surface area (Å²) in [5, 5.41) is 13.3. The Bertz CT molecular complexity index is 995. The Morgan fingerprint density at radius 3 is 2.59 bits per heavy atom. The lowest BCUT2D eigenvalue weighted by Crippen LogP contribution is -2.16. The lowest BCUT2D eigenvalue weighted by atomic mass is 9.92. The van der Waals surface area contributed by atoms with Gasteiger partial charge in [-0.15, -0.1) is 0 Å². The van der Waals surface area contributed by atoms with Gasteiger partial charge in [-0.25, -0.2) is 5.48 Å². The van der Waals surface area contributed by atoms with Gasteiger partial charge in [-0.05, 0) is 47.2 Å². The van der Waals surface area contributed by atoms with E-state index in [0.29, 0.717) is 0 Å². The number of hydrogen-bond donors (Lipinski definition) is 4. The van der Waals surface area contributed by atoms with Crippen molar-refractivity contribution in [2.75, 3.05) is 6.54 Å². The van der Waals surface area contributed by atoms with Crippen molar-refractivity contribution in [1.82, 2.24) is 15.8 Å². The van der Waals surface area contributed by atoms with E-state index in [0.717, 1.165) is 25.1 Å². The summed E-state index contributed by atoms with van der Waals surface area (Å²) in [6.45, 7) is 8.35. The predicted octanol–water partition coefficient (Wildman–Crippen LogP) is 4.32. The molecule has 2 aromatic carbocycles. The van der Waals surface area contributed by atoms with Gasteiger partial charge in [0.1, 0.15) is 0 Å². The van der Waals surface area contributed by atoms with Gasteiger partial charge in [-0.1, -0.05) is 63.2 Å². The van der Waals surface area contributed by atoms with Gasteiger partial charge in [0.2, 0.25) is 0 Å². The molecule has 0 radical (unpaired) electrons. The summed E-state index contributed by atoms with van der Waals surface area (Å²) in [7, 11) is 0. The molecule has 29 heavy (non-hydrogen) atoms. The molecule has 1 amide bonds. The highest BCUT2D eigenvalue weighted by Gasteiger charge is 2.17. The van der Waals surface area contributed by atoms with E-state index >= 15 is 0 Å². The number of amides is 1. The molecule has 1 heterocycles. The molecule has 3 aromatic rings. The smallest absolute Gasteiger partial charge is 0.267 e. The summed E-state index contributed by atoms with van der Waals surface area (Å²) in [5.74, 6) is -0.539. The fourth-order valence-corrected chi connectivity index (χ4v) is 3.24. The monoisotopic (exact) mass is 391 g/mol. The van der Waals surface area contributed by atoms with Crippen LogP contribution >= 0.6 is 0 Å². The molecule has 0 unspecified atom stereocenters. The maximum Gasteiger partial charge on any atom is 0.267 e. The second-order valence-corrected chi connectivity index (χ2v) is 8.29. The number of hydrogen-bond acceptors (Lipinski definition) is 3. The number of benzene rings is 2. The molecule has 0 aliphatic rings. The number of hydroxylamine groups is 1. The fraction of sp³-hybridized carbons (Fsp3) is 0.292. The van der Waals surface area contributed by atoms with Gasteiger partial charge in [-0.2, -0.15) is 0 Å². The van der Waals surface area contributed by atoms with Crippen LogP contribution < -0.4 is 10.8 Å². The Balaban J connectivity index is 1.55. The van der Waals surface area contributed by atoms with Crippen LogP contribution in [0.15, 0.2) is 54.6 Å². The minimum atomic E-state index is -0.539. The first-order chi connectivity index (χ1) is 13.9. The van der Waals surface area contributed by atoms with E-state index in [9.17, 15) is 4.79 Å². The van der Waals surface area contributed by atoms with Crippen molar-refractivity contribution in [3.05, 3.63) is 77.0 Å². The second kappa shape index (κ2) is 9.07. The molecule has 3 rings (SSSR count). The molecule has 0 fully saturated rings. The number of aromatic nitrogens is 1. The average molecular weight is 392 g/mol. The van der Waals surface area contributed by atoms with Gasteiger partial charge < -0.3 is 10.3 Å². The van der Waals surface area contributed by atoms with Crippen molar-refractivity contribution in [3.8, 4) is 0 Å². The SMILES string of the molecule is CC(C)(C)c1cc2cccc(CCNCc3ccc(/C=C/C(=O)NO)cc3)c2[nH]1. The van der Waals surface area contributed by atoms with E-state index in [2.05, 4.69) is 55.3 Å². The van der Waals surface area contributed by atoms with Crippen LogP contribution in [-0.2, 0) is 23.2 Å². The molecule has 0 aliphatic carbocycles. The molecule has 5 heteroatoms. The quantitative estimate of drug-likeness (QED) is 0.210. The van der Waals surface area contributed by atoms with Crippen molar-refractivity contribution in [1.29, 1.82) is 0 Å². The molecule has 152 valence electrons. The third-order valence-electron chi connectivity index (χ3n) is 4.97. The van der Waals surface area contributed by atoms with Gasteiger partial charge in [-0.3, -0.25) is 10.0 Å². The van der Waals surface area contributed by atoms with Crippen LogP contribution in [0, 0.1) is 0 Å². The first kappa shape index (κ1) is 20.8. The van der Waals surface area contributed by atoms with Gasteiger partial charge in [0, 0.05) is 29.2 Å². The third kappa shape index (κ3) is 5.56. The number of carbonyl (C=O) groups excluding carboxylic acids is 1. The molecular weight excluding hydrogens is 362 g/mol. The molecule has 0 bridgehead atoms. The standard InChI is InChI=1S/C24H29N3O2/c1-24(2,3)21-15-20-6-4-5-19(23(20)26-21)13-14-25-16-18-9-7-17(8-10-18)11-12-22(28)27-29/h4-12,15,25-26,29H,13-14,16H2,1-3H3,(H,27,28)/b12-11+. The Morgan fingerprint density at radius 1 is 1.14 bits per heavy atom. The Kier molecular flexibility index (Phi) is 6.52. The van der Waals surface area contributed by atoms with E-state index in [4.69, 9.17) is 5.21 Å². The summed E-state index contributed by atoms with van der Waals surface area (Å²) in [6, 6.07) is 16.7. The maximum absolute atomic E-state index is 11.0. The van der Waals surface area contributed by atoms with Crippen molar-refractivity contribution in [2.24, 2.45) is 0 Å². The largest absolute Gasteiger partial charge is 0.358 e. The summed E-state index contributed by atoms with van der Waals surface area (Å²) >= 11 is 0. The second-order valence-electron chi connectivity index (χ2n) is 8.29. The number of aromatic amines is 1. The Morgan fingerprint density at radius 2 is 1.90 bits per heavy atom. The molecular formula is C24H29N3O2. The highest BCUT2D eigenvalue weighted by Crippen LogP contribution is 2.27. The Hall–Kier alpha value is -2.89. The molecule has 1 aromatic heterocycles. The van der Waals surface area contributed by atoms with Gasteiger partial charge in [0.25, 0.3) is 5.91 Å². The third-order valence-corrected chi connectivity index (χ3v) is 4.97. The molecule has 0 saturated heterocycles. The van der Waals surface area contributed by atoms with E-state index in [1.165, 1.54) is 33.8 Å². The first-order valence-electron chi connectivity index (χ1n) is 9.90. The number of carbonyl (C=O) groups is 1. The van der Waals surface area contributed by atoms with Gasteiger partial charge in [0.05, 0.1) is 0 Å². The number of H-pyrrole nitrogens is 1. The van der Waals surface area contributed by atoms with E-state index < -0.39 is 5.91 Å². The maximum atomic E-state index is 11.0. The summed E-state index contributed by atoms with van der Waals surface area (Å²) in [4.78, 5) is 14.6. The van der Waals surface area contributed by atoms with Crippen molar-refractivity contribution in [2.45, 2.75) is 39.2 Å². The lowest BCUT2D eigenvalue weighted by molar-refractivity contribution is -0.124. The van der Waals surface area contributed by atoms with E-state index in [-0.39, 0.29) is 5.41 Å². The molecule has 0 saturated carbocycles. The van der Waals surface area contributed by atoms with Crippen molar-refractivity contribution >= 4 is 22.9 Å². The van der Waals surface area contributed by atoms with Crippen LogP contribution in [-0.4, -0.2) is 22.6 Å². The van der Waals surface area contributed by atoms with Gasteiger partial charge in [0.15, 0.2) is 0 Å². The van der Waals surface area contributed by atoms with E-state index in [1.54, 1.807) is 11.6 Å². The molecule has 4 N–H and O–H groups in total.